The first kappa shape index (κ1) is 23.1. The van der Waals surface area contributed by atoms with Gasteiger partial charge in [0.2, 0.25) is 5.91 Å². The van der Waals surface area contributed by atoms with E-state index in [-0.39, 0.29) is 12.2 Å². The van der Waals surface area contributed by atoms with Crippen molar-refractivity contribution >= 4 is 40.5 Å². The minimum atomic E-state index is -0.617. The van der Waals surface area contributed by atoms with Crippen molar-refractivity contribution in [3.8, 4) is 0 Å². The average Bonchev–Trinajstić information content (AvgIpc) is 3.32. The third-order valence-corrected chi connectivity index (χ3v) is 6.15. The highest BCUT2D eigenvalue weighted by Gasteiger charge is 2.35. The number of aromatic nitrogens is 1. The van der Waals surface area contributed by atoms with Crippen LogP contribution in [0.1, 0.15) is 22.3 Å². The van der Waals surface area contributed by atoms with Crippen LogP contribution in [0, 0.1) is 13.8 Å². The van der Waals surface area contributed by atoms with Crippen molar-refractivity contribution in [2.24, 2.45) is 0 Å². The second kappa shape index (κ2) is 9.54. The van der Waals surface area contributed by atoms with E-state index in [1.54, 1.807) is 18.2 Å². The summed E-state index contributed by atoms with van der Waals surface area (Å²) in [6, 6.07) is 23.0. The number of para-hydroxylation sites is 1. The highest BCUT2D eigenvalue weighted by atomic mass is 16.2. The molecule has 2 heterocycles. The van der Waals surface area contributed by atoms with Gasteiger partial charge in [-0.25, -0.2) is 9.69 Å². The van der Waals surface area contributed by atoms with Crippen LogP contribution in [-0.4, -0.2) is 33.9 Å². The van der Waals surface area contributed by atoms with Crippen molar-refractivity contribution in [3.63, 3.8) is 0 Å². The zero-order valence-electron chi connectivity index (χ0n) is 20.1. The molecule has 7 nitrogen and oxygen atoms in total. The maximum absolute atomic E-state index is 13.0. The van der Waals surface area contributed by atoms with Gasteiger partial charge in [-0.2, -0.15) is 0 Å². The second-order valence-corrected chi connectivity index (χ2v) is 9.01. The number of nitrogens with one attached hydrogen (secondary N) is 2. The van der Waals surface area contributed by atoms with Crippen LogP contribution in [0.2, 0.25) is 0 Å². The second-order valence-electron chi connectivity index (χ2n) is 9.01. The first-order valence-electron chi connectivity index (χ1n) is 11.7. The Hall–Kier alpha value is -4.65. The predicted octanol–water partition coefficient (Wildman–Crippen LogP) is 4.84. The number of aryl methyl sites for hydroxylation is 2. The van der Waals surface area contributed by atoms with Crippen LogP contribution in [0.5, 0.6) is 0 Å². The predicted molar refractivity (Wildman–Crippen MR) is 140 cm³/mol. The molecule has 180 valence electrons. The number of benzene rings is 3. The molecule has 1 saturated heterocycles. The fraction of sp³-hybridized carbons (Fsp3) is 0.138. The van der Waals surface area contributed by atoms with Gasteiger partial charge >= 0.3 is 6.03 Å². The highest BCUT2D eigenvalue weighted by molar-refractivity contribution is 6.16. The lowest BCUT2D eigenvalue weighted by Gasteiger charge is -2.12. The number of hydrogen-bond donors (Lipinski definition) is 2. The zero-order valence-corrected chi connectivity index (χ0v) is 20.1. The maximum atomic E-state index is 13.0. The number of anilines is 1. The summed E-state index contributed by atoms with van der Waals surface area (Å²) in [6.07, 6.45) is 3.65. The van der Waals surface area contributed by atoms with Crippen LogP contribution < -0.4 is 10.6 Å². The number of hydrogen-bond acceptors (Lipinski definition) is 3. The molecule has 1 aromatic heterocycles. The molecule has 1 fully saturated rings. The third-order valence-electron chi connectivity index (χ3n) is 6.15. The van der Waals surface area contributed by atoms with E-state index >= 15 is 0 Å². The van der Waals surface area contributed by atoms with Crippen molar-refractivity contribution in [1.29, 1.82) is 0 Å². The van der Waals surface area contributed by atoms with Gasteiger partial charge in [-0.15, -0.1) is 0 Å². The van der Waals surface area contributed by atoms with Gasteiger partial charge in [0.05, 0.1) is 0 Å². The van der Waals surface area contributed by atoms with E-state index in [4.69, 9.17) is 0 Å². The van der Waals surface area contributed by atoms with Crippen LogP contribution in [0.3, 0.4) is 0 Å². The van der Waals surface area contributed by atoms with E-state index in [1.807, 2.05) is 55.6 Å². The molecule has 5 rings (SSSR count). The van der Waals surface area contributed by atoms with Crippen molar-refractivity contribution in [2.75, 3.05) is 11.9 Å². The lowest BCUT2D eigenvalue weighted by Crippen LogP contribution is -2.38. The quantitative estimate of drug-likeness (QED) is 0.307. The Labute approximate surface area is 209 Å². The van der Waals surface area contributed by atoms with Gasteiger partial charge in [0.15, 0.2) is 0 Å². The summed E-state index contributed by atoms with van der Waals surface area (Å²) in [7, 11) is 0. The number of amides is 4. The lowest BCUT2D eigenvalue weighted by molar-refractivity contribution is -0.127. The highest BCUT2D eigenvalue weighted by Crippen LogP contribution is 2.26. The molecule has 7 heteroatoms. The molecule has 0 radical (unpaired) electrons. The molecule has 1 aliphatic rings. The minimum absolute atomic E-state index is 0.140. The van der Waals surface area contributed by atoms with Crippen molar-refractivity contribution < 1.29 is 14.4 Å². The number of fused-ring (bicyclic) bond motifs is 1. The molecule has 4 aromatic rings. The molecule has 0 aliphatic carbocycles. The first-order valence-corrected chi connectivity index (χ1v) is 11.7. The minimum Gasteiger partial charge on any atom is -0.342 e. The number of carbonyl (C=O) groups is 3. The molecule has 1 aliphatic heterocycles. The number of urea groups is 1. The molecule has 0 saturated carbocycles. The molecule has 0 spiro atoms. The molecule has 0 bridgehead atoms. The average molecular weight is 479 g/mol. The molecular weight excluding hydrogens is 452 g/mol. The van der Waals surface area contributed by atoms with Gasteiger partial charge in [-0.1, -0.05) is 65.7 Å². The van der Waals surface area contributed by atoms with Crippen LogP contribution in [0.15, 0.2) is 84.7 Å². The van der Waals surface area contributed by atoms with Crippen molar-refractivity contribution in [3.05, 3.63) is 107 Å². The molecule has 0 atom stereocenters. The molecule has 3 aromatic carbocycles. The molecule has 0 unspecified atom stereocenters. The van der Waals surface area contributed by atoms with Gasteiger partial charge in [-0.05, 0) is 43.7 Å². The normalized spacial score (nSPS) is 14.5. The summed E-state index contributed by atoms with van der Waals surface area (Å²) < 4.78 is 2.13. The standard InChI is InChI=1S/C29H26N4O3/c1-19-10-12-23(13-11-19)30-27(34)18-33-28(35)25(31-29(33)36)15-22-17-32(26-9-4-3-8-24(22)26)16-21-7-5-6-20(2)14-21/h3-15,17H,16,18H2,1-2H3,(H,30,34)(H,31,36)/b25-15+. The number of nitrogens with zero attached hydrogens (tertiary/aromatic N) is 2. The van der Waals surface area contributed by atoms with E-state index in [0.717, 1.165) is 26.9 Å². The Bertz CT molecular complexity index is 1520. The summed E-state index contributed by atoms with van der Waals surface area (Å²) >= 11 is 0. The topological polar surface area (TPSA) is 83.4 Å². The third kappa shape index (κ3) is 4.77. The number of carbonyl (C=O) groups excluding carboxylic acids is 3. The van der Waals surface area contributed by atoms with Crippen molar-refractivity contribution in [1.82, 2.24) is 14.8 Å². The first-order chi connectivity index (χ1) is 17.4. The van der Waals surface area contributed by atoms with E-state index in [2.05, 4.69) is 40.3 Å². The van der Waals surface area contributed by atoms with E-state index in [9.17, 15) is 14.4 Å². The molecule has 4 amide bonds. The summed E-state index contributed by atoms with van der Waals surface area (Å²) in [4.78, 5) is 38.9. The summed E-state index contributed by atoms with van der Waals surface area (Å²) in [5, 5.41) is 6.31. The van der Waals surface area contributed by atoms with E-state index < -0.39 is 17.8 Å². The number of imide groups is 1. The smallest absolute Gasteiger partial charge is 0.329 e. The maximum Gasteiger partial charge on any atom is 0.329 e. The Morgan fingerprint density at radius 3 is 2.50 bits per heavy atom. The Morgan fingerprint density at radius 2 is 1.72 bits per heavy atom. The SMILES string of the molecule is Cc1ccc(NC(=O)CN2C(=O)N/C(=C/c3cn(Cc4cccc(C)c4)c4ccccc34)C2=O)cc1. The lowest BCUT2D eigenvalue weighted by atomic mass is 10.1. The van der Waals surface area contributed by atoms with Crippen LogP contribution in [0.4, 0.5) is 10.5 Å². The Kier molecular flexibility index (Phi) is 6.12. The molecule has 2 N–H and O–H groups in total. The Morgan fingerprint density at radius 1 is 0.944 bits per heavy atom. The largest absolute Gasteiger partial charge is 0.342 e. The van der Waals surface area contributed by atoms with Gasteiger partial charge < -0.3 is 15.2 Å². The molecule has 36 heavy (non-hydrogen) atoms. The fourth-order valence-electron chi connectivity index (χ4n) is 4.38. The summed E-state index contributed by atoms with van der Waals surface area (Å²) in [5.74, 6) is -0.979. The van der Waals surface area contributed by atoms with Crippen LogP contribution in [-0.2, 0) is 16.1 Å². The van der Waals surface area contributed by atoms with E-state index in [1.165, 1.54) is 11.1 Å². The van der Waals surface area contributed by atoms with Gasteiger partial charge in [0.1, 0.15) is 12.2 Å². The summed E-state index contributed by atoms with van der Waals surface area (Å²) in [5.41, 5.74) is 6.02. The van der Waals surface area contributed by atoms with E-state index in [0.29, 0.717) is 12.2 Å². The molecular formula is C29H26N4O3. The monoisotopic (exact) mass is 478 g/mol. The zero-order chi connectivity index (χ0) is 25.2. The number of rotatable bonds is 6. The summed E-state index contributed by atoms with van der Waals surface area (Å²) in [6.45, 7) is 4.32. The van der Waals surface area contributed by atoms with Gasteiger partial charge in [0, 0.05) is 34.9 Å². The van der Waals surface area contributed by atoms with Crippen molar-refractivity contribution in [2.45, 2.75) is 20.4 Å². The van der Waals surface area contributed by atoms with Crippen LogP contribution >= 0.6 is 0 Å². The van der Waals surface area contributed by atoms with Gasteiger partial charge in [-0.3, -0.25) is 9.59 Å². The van der Waals surface area contributed by atoms with Gasteiger partial charge in [0.25, 0.3) is 5.91 Å². The van der Waals surface area contributed by atoms with Crippen LogP contribution in [0.25, 0.3) is 17.0 Å². The fourth-order valence-corrected chi connectivity index (χ4v) is 4.38. The Balaban J connectivity index is 1.37.